The zero-order chi connectivity index (χ0) is 11.5. The Balaban J connectivity index is 3.27. The van der Waals surface area contributed by atoms with Crippen molar-refractivity contribution in [2.75, 3.05) is 40.4 Å². The summed E-state index contributed by atoms with van der Waals surface area (Å²) in [6.07, 6.45) is 3.74. The normalized spacial score (nSPS) is 13.4. The molecule has 92 valence electrons. The van der Waals surface area contributed by atoms with Crippen molar-refractivity contribution >= 4 is 0 Å². The molecule has 0 fully saturated rings. The van der Waals surface area contributed by atoms with Crippen LogP contribution in [-0.4, -0.2) is 51.3 Å². The lowest BCUT2D eigenvalue weighted by molar-refractivity contribution is 0.160. The summed E-state index contributed by atoms with van der Waals surface area (Å²) < 4.78 is 5.04. The molecule has 0 bridgehead atoms. The predicted molar refractivity (Wildman–Crippen MR) is 66.4 cm³/mol. The van der Waals surface area contributed by atoms with Crippen LogP contribution < -0.4 is 5.32 Å². The number of likely N-dealkylation sites (N-methyl/N-ethyl adjacent to an activating group) is 1. The number of methoxy groups -OCH3 is 1. The van der Waals surface area contributed by atoms with E-state index in [9.17, 15) is 0 Å². The second-order valence-corrected chi connectivity index (χ2v) is 4.29. The van der Waals surface area contributed by atoms with Crippen molar-refractivity contribution in [1.82, 2.24) is 10.2 Å². The molecule has 3 heteroatoms. The minimum atomic E-state index is 0.653. The first kappa shape index (κ1) is 14.9. The van der Waals surface area contributed by atoms with E-state index in [0.717, 1.165) is 19.7 Å². The minimum absolute atomic E-state index is 0.653. The fraction of sp³-hybridized carbons (Fsp3) is 1.00. The first-order valence-corrected chi connectivity index (χ1v) is 6.11. The minimum Gasteiger partial charge on any atom is -0.383 e. The number of hydrogen-bond acceptors (Lipinski definition) is 3. The molecular formula is C12H28N2O. The summed E-state index contributed by atoms with van der Waals surface area (Å²) in [6.45, 7) is 8.65. The van der Waals surface area contributed by atoms with Crippen LogP contribution in [0, 0.1) is 0 Å². The molecule has 0 aliphatic rings. The Bertz CT molecular complexity index is 117. The van der Waals surface area contributed by atoms with Crippen molar-refractivity contribution in [3.63, 3.8) is 0 Å². The fourth-order valence-corrected chi connectivity index (χ4v) is 1.52. The van der Waals surface area contributed by atoms with Crippen molar-refractivity contribution in [3.8, 4) is 0 Å². The monoisotopic (exact) mass is 216 g/mol. The lowest BCUT2D eigenvalue weighted by Gasteiger charge is -2.18. The number of nitrogens with one attached hydrogen (secondary N) is 1. The van der Waals surface area contributed by atoms with Crippen LogP contribution in [0.3, 0.4) is 0 Å². The highest BCUT2D eigenvalue weighted by Crippen LogP contribution is 1.98. The molecule has 0 aromatic carbocycles. The lowest BCUT2D eigenvalue weighted by atomic mass is 10.2. The third-order valence-corrected chi connectivity index (χ3v) is 2.60. The molecule has 1 atom stereocenters. The van der Waals surface area contributed by atoms with Gasteiger partial charge in [-0.2, -0.15) is 0 Å². The Morgan fingerprint density at radius 1 is 1.33 bits per heavy atom. The second kappa shape index (κ2) is 10.4. The van der Waals surface area contributed by atoms with E-state index in [1.54, 1.807) is 7.11 Å². The van der Waals surface area contributed by atoms with Crippen molar-refractivity contribution in [1.29, 1.82) is 0 Å². The lowest BCUT2D eigenvalue weighted by Crippen LogP contribution is -2.29. The van der Waals surface area contributed by atoms with Crippen molar-refractivity contribution < 1.29 is 4.74 Å². The zero-order valence-corrected chi connectivity index (χ0v) is 10.9. The molecule has 15 heavy (non-hydrogen) atoms. The summed E-state index contributed by atoms with van der Waals surface area (Å²) in [5, 5.41) is 3.51. The van der Waals surface area contributed by atoms with Crippen LogP contribution in [0.1, 0.15) is 33.1 Å². The molecule has 0 saturated heterocycles. The Labute approximate surface area is 95.2 Å². The van der Waals surface area contributed by atoms with Gasteiger partial charge >= 0.3 is 0 Å². The summed E-state index contributed by atoms with van der Waals surface area (Å²) in [4.78, 5) is 2.33. The van der Waals surface area contributed by atoms with Gasteiger partial charge in [-0.25, -0.2) is 0 Å². The topological polar surface area (TPSA) is 24.5 Å². The summed E-state index contributed by atoms with van der Waals surface area (Å²) in [6, 6.07) is 0.653. The van der Waals surface area contributed by atoms with Gasteiger partial charge in [0.2, 0.25) is 0 Å². The maximum Gasteiger partial charge on any atom is 0.0589 e. The molecule has 0 aromatic rings. The zero-order valence-electron chi connectivity index (χ0n) is 10.9. The van der Waals surface area contributed by atoms with E-state index >= 15 is 0 Å². The molecule has 0 spiro atoms. The average Bonchev–Trinajstić information content (AvgIpc) is 2.23. The fourth-order valence-electron chi connectivity index (χ4n) is 1.52. The van der Waals surface area contributed by atoms with E-state index < -0.39 is 0 Å². The summed E-state index contributed by atoms with van der Waals surface area (Å²) in [5.41, 5.74) is 0. The smallest absolute Gasteiger partial charge is 0.0589 e. The van der Waals surface area contributed by atoms with Gasteiger partial charge in [0.1, 0.15) is 0 Å². The van der Waals surface area contributed by atoms with Gasteiger partial charge in [-0.1, -0.05) is 6.92 Å². The molecule has 0 aliphatic carbocycles. The van der Waals surface area contributed by atoms with Crippen LogP contribution in [0.4, 0.5) is 0 Å². The number of nitrogens with zero attached hydrogens (tertiary/aromatic N) is 1. The third-order valence-electron chi connectivity index (χ3n) is 2.60. The van der Waals surface area contributed by atoms with Crippen molar-refractivity contribution in [2.45, 2.75) is 39.2 Å². The van der Waals surface area contributed by atoms with Crippen molar-refractivity contribution in [3.05, 3.63) is 0 Å². The third kappa shape index (κ3) is 10.2. The van der Waals surface area contributed by atoms with E-state index in [4.69, 9.17) is 4.74 Å². The van der Waals surface area contributed by atoms with Gasteiger partial charge in [0, 0.05) is 19.7 Å². The van der Waals surface area contributed by atoms with Gasteiger partial charge in [-0.3, -0.25) is 0 Å². The molecule has 0 radical (unpaired) electrons. The predicted octanol–water partition coefficient (Wildman–Crippen LogP) is 1.73. The van der Waals surface area contributed by atoms with E-state index in [0.29, 0.717) is 6.04 Å². The van der Waals surface area contributed by atoms with Gasteiger partial charge < -0.3 is 15.0 Å². The molecule has 1 unspecified atom stereocenters. The Morgan fingerprint density at radius 2 is 2.07 bits per heavy atom. The molecule has 3 nitrogen and oxygen atoms in total. The first-order chi connectivity index (χ1) is 7.20. The Morgan fingerprint density at radius 3 is 2.67 bits per heavy atom. The van der Waals surface area contributed by atoms with Gasteiger partial charge in [-0.15, -0.1) is 0 Å². The van der Waals surface area contributed by atoms with E-state index in [1.165, 1.54) is 25.8 Å². The van der Waals surface area contributed by atoms with Crippen LogP contribution in [0.5, 0.6) is 0 Å². The maximum absolute atomic E-state index is 5.04. The van der Waals surface area contributed by atoms with Gasteiger partial charge in [-0.05, 0) is 46.3 Å². The van der Waals surface area contributed by atoms with Gasteiger partial charge in [0.15, 0.2) is 0 Å². The highest BCUT2D eigenvalue weighted by molar-refractivity contribution is 4.61. The van der Waals surface area contributed by atoms with Gasteiger partial charge in [0.25, 0.3) is 0 Å². The molecule has 1 N–H and O–H groups in total. The summed E-state index contributed by atoms with van der Waals surface area (Å²) >= 11 is 0. The number of ether oxygens (including phenoxy) is 1. The first-order valence-electron chi connectivity index (χ1n) is 6.11. The quantitative estimate of drug-likeness (QED) is 0.602. The van der Waals surface area contributed by atoms with E-state index in [-0.39, 0.29) is 0 Å². The van der Waals surface area contributed by atoms with Crippen molar-refractivity contribution in [2.24, 2.45) is 0 Å². The Hall–Kier alpha value is -0.120. The highest BCUT2D eigenvalue weighted by atomic mass is 16.5. The van der Waals surface area contributed by atoms with Crippen LogP contribution in [-0.2, 0) is 4.74 Å². The van der Waals surface area contributed by atoms with Gasteiger partial charge in [0.05, 0.1) is 6.61 Å². The van der Waals surface area contributed by atoms with E-state index in [1.807, 2.05) is 0 Å². The molecule has 0 aliphatic heterocycles. The summed E-state index contributed by atoms with van der Waals surface area (Å²) in [7, 11) is 3.91. The Kier molecular flexibility index (Phi) is 10.3. The molecule has 0 amide bonds. The molecule has 0 saturated carbocycles. The van der Waals surface area contributed by atoms with E-state index in [2.05, 4.69) is 31.1 Å². The number of rotatable bonds is 10. The van der Waals surface area contributed by atoms with Crippen LogP contribution in [0.25, 0.3) is 0 Å². The highest BCUT2D eigenvalue weighted by Gasteiger charge is 2.02. The van der Waals surface area contributed by atoms with Crippen LogP contribution >= 0.6 is 0 Å². The molecule has 0 heterocycles. The molecule has 0 aromatic heterocycles. The number of hydrogen-bond donors (Lipinski definition) is 1. The largest absolute Gasteiger partial charge is 0.383 e. The maximum atomic E-state index is 5.04. The van der Waals surface area contributed by atoms with Crippen LogP contribution in [0.2, 0.25) is 0 Å². The molecular weight excluding hydrogens is 188 g/mol. The van der Waals surface area contributed by atoms with Crippen LogP contribution in [0.15, 0.2) is 0 Å². The SMILES string of the molecule is CCCNC(C)CCCN(C)CCOC. The summed E-state index contributed by atoms with van der Waals surface area (Å²) in [5.74, 6) is 0. The second-order valence-electron chi connectivity index (χ2n) is 4.29. The standard InChI is InChI=1S/C12H28N2O/c1-5-8-13-12(2)7-6-9-14(3)10-11-15-4/h12-13H,5-11H2,1-4H3. The average molecular weight is 216 g/mol. The molecule has 0 rings (SSSR count).